The normalized spacial score (nSPS) is 11.0. The number of aromatic amines is 1. The molecule has 0 spiro atoms. The molecule has 3 N–H and O–H groups in total. The van der Waals surface area contributed by atoms with E-state index in [2.05, 4.69) is 48.3 Å². The summed E-state index contributed by atoms with van der Waals surface area (Å²) in [5.41, 5.74) is 11.8. The smallest absolute Gasteiger partial charge is 0.0510 e. The molecule has 1 heterocycles. The number of aromatic nitrogens is 1. The molecule has 1 aromatic heterocycles. The largest absolute Gasteiger partial charge is 0.354 e. The van der Waals surface area contributed by atoms with E-state index in [1.807, 2.05) is 12.1 Å². The number of rotatable bonds is 2. The third kappa shape index (κ3) is 1.71. The zero-order valence-electron chi connectivity index (χ0n) is 10.4. The van der Waals surface area contributed by atoms with Gasteiger partial charge in [0.1, 0.15) is 0 Å². The van der Waals surface area contributed by atoms with E-state index in [-0.39, 0.29) is 0 Å². The maximum atomic E-state index is 5.91. The Morgan fingerprint density at radius 2 is 1.72 bits per heavy atom. The van der Waals surface area contributed by atoms with Gasteiger partial charge in [0, 0.05) is 17.4 Å². The van der Waals surface area contributed by atoms with Crippen LogP contribution in [0.3, 0.4) is 0 Å². The first-order valence-corrected chi connectivity index (χ1v) is 6.16. The van der Waals surface area contributed by atoms with Crippen molar-refractivity contribution >= 4 is 10.9 Å². The molecule has 0 unspecified atom stereocenters. The van der Waals surface area contributed by atoms with Crippen LogP contribution in [-0.2, 0) is 6.54 Å². The second-order valence-corrected chi connectivity index (χ2v) is 4.59. The molecule has 3 rings (SSSR count). The van der Waals surface area contributed by atoms with E-state index in [0.717, 1.165) is 11.2 Å². The van der Waals surface area contributed by atoms with Crippen LogP contribution < -0.4 is 5.73 Å². The Bertz CT molecular complexity index is 678. The Labute approximate surface area is 106 Å². The van der Waals surface area contributed by atoms with Crippen molar-refractivity contribution in [3.05, 3.63) is 59.7 Å². The maximum Gasteiger partial charge on any atom is 0.0510 e. The van der Waals surface area contributed by atoms with E-state index in [4.69, 9.17) is 5.73 Å². The fourth-order valence-electron chi connectivity index (χ4n) is 2.38. The van der Waals surface area contributed by atoms with Gasteiger partial charge in [-0.3, -0.25) is 0 Å². The zero-order chi connectivity index (χ0) is 12.5. The Balaban J connectivity index is 2.25. The first-order valence-electron chi connectivity index (χ1n) is 6.16. The van der Waals surface area contributed by atoms with Gasteiger partial charge in [0.2, 0.25) is 0 Å². The van der Waals surface area contributed by atoms with E-state index in [9.17, 15) is 0 Å². The van der Waals surface area contributed by atoms with Crippen LogP contribution in [0.4, 0.5) is 0 Å². The molecule has 0 aliphatic carbocycles. The summed E-state index contributed by atoms with van der Waals surface area (Å²) in [6.45, 7) is 2.64. The van der Waals surface area contributed by atoms with Gasteiger partial charge in [-0.1, -0.05) is 48.0 Å². The molecule has 0 saturated carbocycles. The quantitative estimate of drug-likeness (QED) is 0.701. The van der Waals surface area contributed by atoms with Crippen molar-refractivity contribution in [2.75, 3.05) is 0 Å². The van der Waals surface area contributed by atoms with Crippen LogP contribution in [0.5, 0.6) is 0 Å². The number of nitrogens with two attached hydrogens (primary N) is 1. The summed E-state index contributed by atoms with van der Waals surface area (Å²) in [5.74, 6) is 0. The van der Waals surface area contributed by atoms with E-state index in [1.165, 1.54) is 22.1 Å². The van der Waals surface area contributed by atoms with Gasteiger partial charge in [0.15, 0.2) is 0 Å². The summed E-state index contributed by atoms with van der Waals surface area (Å²) in [5, 5.41) is 1.22. The molecule has 2 aromatic carbocycles. The molecule has 0 saturated heterocycles. The molecule has 18 heavy (non-hydrogen) atoms. The third-order valence-electron chi connectivity index (χ3n) is 3.36. The molecular formula is C16H16N2. The van der Waals surface area contributed by atoms with Crippen LogP contribution in [-0.4, -0.2) is 4.98 Å². The number of fused-ring (bicyclic) bond motifs is 1. The van der Waals surface area contributed by atoms with Crippen LogP contribution in [0.25, 0.3) is 22.2 Å². The maximum absolute atomic E-state index is 5.91. The Kier molecular flexibility index (Phi) is 2.65. The molecule has 0 amide bonds. The Morgan fingerprint density at radius 1 is 1.00 bits per heavy atom. The lowest BCUT2D eigenvalue weighted by molar-refractivity contribution is 1.09. The highest BCUT2D eigenvalue weighted by Gasteiger charge is 2.10. The molecule has 2 nitrogen and oxygen atoms in total. The van der Waals surface area contributed by atoms with Crippen molar-refractivity contribution < 1.29 is 0 Å². The number of hydrogen-bond acceptors (Lipinski definition) is 1. The molecule has 0 radical (unpaired) electrons. The molecule has 0 aliphatic rings. The number of aryl methyl sites for hydroxylation is 1. The Morgan fingerprint density at radius 3 is 2.44 bits per heavy atom. The van der Waals surface area contributed by atoms with Gasteiger partial charge in [0.05, 0.1) is 5.69 Å². The fraction of sp³-hybridized carbons (Fsp3) is 0.125. The van der Waals surface area contributed by atoms with Gasteiger partial charge in [-0.05, 0) is 24.1 Å². The van der Waals surface area contributed by atoms with Crippen molar-refractivity contribution in [3.63, 3.8) is 0 Å². The predicted octanol–water partition coefficient (Wildman–Crippen LogP) is 3.60. The van der Waals surface area contributed by atoms with E-state index in [0.29, 0.717) is 6.54 Å². The first-order chi connectivity index (χ1) is 8.79. The second-order valence-electron chi connectivity index (χ2n) is 4.59. The van der Waals surface area contributed by atoms with E-state index in [1.54, 1.807) is 0 Å². The molecule has 0 bridgehead atoms. The summed E-state index contributed by atoms with van der Waals surface area (Å²) in [6.07, 6.45) is 0. The first kappa shape index (κ1) is 11.1. The summed E-state index contributed by atoms with van der Waals surface area (Å²) < 4.78 is 0. The van der Waals surface area contributed by atoms with Crippen molar-refractivity contribution in [2.24, 2.45) is 5.73 Å². The number of para-hydroxylation sites is 1. The lowest BCUT2D eigenvalue weighted by Gasteiger charge is -2.03. The van der Waals surface area contributed by atoms with Crippen LogP contribution in [0, 0.1) is 6.92 Å². The highest BCUT2D eigenvalue weighted by molar-refractivity contribution is 5.90. The average molecular weight is 236 g/mol. The molecule has 0 fully saturated rings. The minimum Gasteiger partial charge on any atom is -0.354 e. The van der Waals surface area contributed by atoms with E-state index >= 15 is 0 Å². The van der Waals surface area contributed by atoms with Crippen molar-refractivity contribution in [1.29, 1.82) is 0 Å². The van der Waals surface area contributed by atoms with Gasteiger partial charge in [-0.2, -0.15) is 0 Å². The van der Waals surface area contributed by atoms with Gasteiger partial charge in [-0.15, -0.1) is 0 Å². The minimum absolute atomic E-state index is 0.549. The summed E-state index contributed by atoms with van der Waals surface area (Å²) in [4.78, 5) is 3.47. The molecule has 0 aliphatic heterocycles. The van der Waals surface area contributed by atoms with Crippen LogP contribution >= 0.6 is 0 Å². The van der Waals surface area contributed by atoms with Crippen molar-refractivity contribution in [3.8, 4) is 11.3 Å². The lowest BCUT2D eigenvalue weighted by atomic mass is 10.0. The molecule has 3 aromatic rings. The number of nitrogens with one attached hydrogen (secondary N) is 1. The molecule has 0 atom stereocenters. The fourth-order valence-corrected chi connectivity index (χ4v) is 2.38. The van der Waals surface area contributed by atoms with Gasteiger partial charge < -0.3 is 10.7 Å². The Hall–Kier alpha value is -2.06. The van der Waals surface area contributed by atoms with Crippen LogP contribution in [0.1, 0.15) is 11.1 Å². The summed E-state index contributed by atoms with van der Waals surface area (Å²) in [7, 11) is 0. The third-order valence-corrected chi connectivity index (χ3v) is 3.36. The molecular weight excluding hydrogens is 220 g/mol. The SMILES string of the molecule is Cc1ccc(-c2[nH]c3ccccc3c2CN)cc1. The number of H-pyrrole nitrogens is 1. The van der Waals surface area contributed by atoms with Crippen LogP contribution in [0.15, 0.2) is 48.5 Å². The zero-order valence-corrected chi connectivity index (χ0v) is 10.4. The topological polar surface area (TPSA) is 41.8 Å². The van der Waals surface area contributed by atoms with Crippen molar-refractivity contribution in [1.82, 2.24) is 4.98 Å². The lowest BCUT2D eigenvalue weighted by Crippen LogP contribution is -1.97. The van der Waals surface area contributed by atoms with Crippen LogP contribution in [0.2, 0.25) is 0 Å². The number of benzene rings is 2. The second kappa shape index (κ2) is 4.31. The monoisotopic (exact) mass is 236 g/mol. The van der Waals surface area contributed by atoms with Gasteiger partial charge in [-0.25, -0.2) is 0 Å². The highest BCUT2D eigenvalue weighted by atomic mass is 14.7. The average Bonchev–Trinajstić information content (AvgIpc) is 2.78. The summed E-state index contributed by atoms with van der Waals surface area (Å²) >= 11 is 0. The minimum atomic E-state index is 0.549. The van der Waals surface area contributed by atoms with Crippen molar-refractivity contribution in [2.45, 2.75) is 13.5 Å². The molecule has 2 heteroatoms. The van der Waals surface area contributed by atoms with Gasteiger partial charge in [0.25, 0.3) is 0 Å². The standard InChI is InChI=1S/C16H16N2/c1-11-6-8-12(9-7-11)16-14(10-17)13-4-2-3-5-15(13)18-16/h2-9,18H,10,17H2,1H3. The summed E-state index contributed by atoms with van der Waals surface area (Å²) in [6, 6.07) is 16.8. The van der Waals surface area contributed by atoms with E-state index < -0.39 is 0 Å². The predicted molar refractivity (Wildman–Crippen MR) is 76.4 cm³/mol. The molecule has 90 valence electrons. The number of hydrogen-bond donors (Lipinski definition) is 2. The van der Waals surface area contributed by atoms with Gasteiger partial charge >= 0.3 is 0 Å². The highest BCUT2D eigenvalue weighted by Crippen LogP contribution is 2.29.